The highest BCUT2D eigenvalue weighted by atomic mass is 16.3. The maximum Gasteiger partial charge on any atom is 0.271 e. The highest BCUT2D eigenvalue weighted by Crippen LogP contribution is 2.09. The molecule has 1 heterocycles. The molecule has 1 amide bonds. The van der Waals surface area contributed by atoms with Crippen molar-refractivity contribution in [2.45, 2.75) is 6.42 Å². The van der Waals surface area contributed by atoms with E-state index in [1.807, 2.05) is 12.1 Å². The van der Waals surface area contributed by atoms with Gasteiger partial charge < -0.3 is 10.4 Å². The van der Waals surface area contributed by atoms with E-state index in [0.717, 1.165) is 5.56 Å². The third-order valence-corrected chi connectivity index (χ3v) is 2.43. The van der Waals surface area contributed by atoms with Gasteiger partial charge in [0.1, 0.15) is 11.4 Å². The van der Waals surface area contributed by atoms with E-state index in [-0.39, 0.29) is 11.7 Å². The summed E-state index contributed by atoms with van der Waals surface area (Å²) in [5, 5.41) is 11.9. The summed E-state index contributed by atoms with van der Waals surface area (Å²) >= 11 is 0. The van der Waals surface area contributed by atoms with E-state index >= 15 is 0 Å². The van der Waals surface area contributed by atoms with Crippen molar-refractivity contribution in [3.63, 3.8) is 0 Å². The summed E-state index contributed by atoms with van der Waals surface area (Å²) < 4.78 is 0. The van der Waals surface area contributed by atoms with Crippen molar-refractivity contribution in [1.29, 1.82) is 0 Å². The van der Waals surface area contributed by atoms with Gasteiger partial charge in [0.2, 0.25) is 0 Å². The molecule has 1 aromatic heterocycles. The van der Waals surface area contributed by atoms with Gasteiger partial charge in [-0.15, -0.1) is 0 Å². The molecule has 0 saturated heterocycles. The maximum atomic E-state index is 11.6. The molecule has 0 aliphatic rings. The second-order valence-electron chi connectivity index (χ2n) is 3.76. The highest BCUT2D eigenvalue weighted by molar-refractivity contribution is 5.91. The molecule has 1 aromatic carbocycles. The first kappa shape index (κ1) is 12.0. The minimum Gasteiger partial charge on any atom is -0.508 e. The highest BCUT2D eigenvalue weighted by Gasteiger charge is 2.05. The van der Waals surface area contributed by atoms with E-state index in [4.69, 9.17) is 5.11 Å². The predicted molar refractivity (Wildman–Crippen MR) is 66.2 cm³/mol. The molecule has 0 aliphatic heterocycles. The Balaban J connectivity index is 1.82. The van der Waals surface area contributed by atoms with Crippen molar-refractivity contribution >= 4 is 5.91 Å². The average molecular weight is 243 g/mol. The second-order valence-corrected chi connectivity index (χ2v) is 3.76. The molecule has 0 aliphatic carbocycles. The number of phenolic OH excluding ortho intramolecular Hbond substituents is 1. The van der Waals surface area contributed by atoms with E-state index in [1.165, 1.54) is 18.6 Å². The Morgan fingerprint density at radius 1 is 1.22 bits per heavy atom. The largest absolute Gasteiger partial charge is 0.508 e. The zero-order valence-corrected chi connectivity index (χ0v) is 9.71. The molecular formula is C13H13N3O2. The molecule has 2 aromatic rings. The summed E-state index contributed by atoms with van der Waals surface area (Å²) in [6.45, 7) is 0.514. The molecule has 92 valence electrons. The lowest BCUT2D eigenvalue weighted by Crippen LogP contribution is -2.26. The SMILES string of the molecule is O=C(NCCc1ccc(O)cc1)c1cnccn1. The molecular weight excluding hydrogens is 230 g/mol. The number of nitrogens with one attached hydrogen (secondary N) is 1. The maximum absolute atomic E-state index is 11.6. The first-order valence-corrected chi connectivity index (χ1v) is 5.58. The van der Waals surface area contributed by atoms with Crippen LogP contribution in [0.3, 0.4) is 0 Å². The lowest BCUT2D eigenvalue weighted by molar-refractivity contribution is 0.0948. The summed E-state index contributed by atoms with van der Waals surface area (Å²) in [6, 6.07) is 6.90. The van der Waals surface area contributed by atoms with Crippen LogP contribution in [-0.2, 0) is 6.42 Å². The molecule has 0 radical (unpaired) electrons. The van der Waals surface area contributed by atoms with Gasteiger partial charge in [-0.25, -0.2) is 4.98 Å². The Bertz CT molecular complexity index is 512. The molecule has 2 N–H and O–H groups in total. The zero-order chi connectivity index (χ0) is 12.8. The Kier molecular flexibility index (Phi) is 3.86. The Morgan fingerprint density at radius 3 is 2.67 bits per heavy atom. The van der Waals surface area contributed by atoms with Crippen LogP contribution < -0.4 is 5.32 Å². The minimum absolute atomic E-state index is 0.234. The van der Waals surface area contributed by atoms with Gasteiger partial charge in [0.15, 0.2) is 0 Å². The summed E-state index contributed by atoms with van der Waals surface area (Å²) in [5.74, 6) is 0.00391. The summed E-state index contributed by atoms with van der Waals surface area (Å²) in [5.41, 5.74) is 1.36. The molecule has 5 nitrogen and oxygen atoms in total. The lowest BCUT2D eigenvalue weighted by Gasteiger charge is -2.04. The number of amides is 1. The van der Waals surface area contributed by atoms with Gasteiger partial charge >= 0.3 is 0 Å². The second kappa shape index (κ2) is 5.77. The van der Waals surface area contributed by atoms with E-state index in [2.05, 4.69) is 15.3 Å². The van der Waals surface area contributed by atoms with Crippen LogP contribution in [0.1, 0.15) is 16.1 Å². The van der Waals surface area contributed by atoms with Gasteiger partial charge in [-0.1, -0.05) is 12.1 Å². The van der Waals surface area contributed by atoms with E-state index in [1.54, 1.807) is 12.1 Å². The molecule has 0 fully saturated rings. The molecule has 0 atom stereocenters. The number of aromatic hydroxyl groups is 1. The normalized spacial score (nSPS) is 10.0. The third-order valence-electron chi connectivity index (χ3n) is 2.43. The number of benzene rings is 1. The van der Waals surface area contributed by atoms with Crippen LogP contribution in [0.4, 0.5) is 0 Å². The Labute approximate surface area is 105 Å². The van der Waals surface area contributed by atoms with Crippen molar-refractivity contribution in [2.75, 3.05) is 6.54 Å². The summed E-state index contributed by atoms with van der Waals surface area (Å²) in [7, 11) is 0. The number of hydrogen-bond donors (Lipinski definition) is 2. The van der Waals surface area contributed by atoms with Crippen LogP contribution in [0, 0.1) is 0 Å². The van der Waals surface area contributed by atoms with Gasteiger partial charge in [-0.3, -0.25) is 9.78 Å². The molecule has 5 heteroatoms. The molecule has 2 rings (SSSR count). The fourth-order valence-corrected chi connectivity index (χ4v) is 1.49. The first-order valence-electron chi connectivity index (χ1n) is 5.58. The zero-order valence-electron chi connectivity index (χ0n) is 9.71. The van der Waals surface area contributed by atoms with Crippen molar-refractivity contribution in [2.24, 2.45) is 0 Å². The standard InChI is InChI=1S/C13H13N3O2/c17-11-3-1-10(2-4-11)5-6-16-13(18)12-9-14-7-8-15-12/h1-4,7-9,17H,5-6H2,(H,16,18). The van der Waals surface area contributed by atoms with E-state index in [0.29, 0.717) is 18.7 Å². The Hall–Kier alpha value is -2.43. The molecule has 0 unspecified atom stereocenters. The Morgan fingerprint density at radius 2 is 2.00 bits per heavy atom. The van der Waals surface area contributed by atoms with Crippen molar-refractivity contribution in [3.8, 4) is 5.75 Å². The number of nitrogens with zero attached hydrogens (tertiary/aromatic N) is 2. The van der Waals surface area contributed by atoms with E-state index < -0.39 is 0 Å². The van der Waals surface area contributed by atoms with Crippen molar-refractivity contribution in [3.05, 3.63) is 54.1 Å². The van der Waals surface area contributed by atoms with Crippen LogP contribution in [0.2, 0.25) is 0 Å². The fourth-order valence-electron chi connectivity index (χ4n) is 1.49. The lowest BCUT2D eigenvalue weighted by atomic mass is 10.1. The fraction of sp³-hybridized carbons (Fsp3) is 0.154. The molecule has 0 saturated carbocycles. The predicted octanol–water partition coefficient (Wildman–Crippen LogP) is 1.15. The third kappa shape index (κ3) is 3.28. The van der Waals surface area contributed by atoms with Crippen LogP contribution >= 0.6 is 0 Å². The summed E-state index contributed by atoms with van der Waals surface area (Å²) in [6.07, 6.45) is 5.13. The van der Waals surface area contributed by atoms with Crippen LogP contribution in [0.15, 0.2) is 42.9 Å². The van der Waals surface area contributed by atoms with Gasteiger partial charge in [-0.2, -0.15) is 0 Å². The van der Waals surface area contributed by atoms with Crippen LogP contribution in [-0.4, -0.2) is 27.5 Å². The number of aromatic nitrogens is 2. The van der Waals surface area contributed by atoms with Gasteiger partial charge in [0.05, 0.1) is 6.20 Å². The number of phenols is 1. The van der Waals surface area contributed by atoms with Crippen LogP contribution in [0.5, 0.6) is 5.75 Å². The molecule has 18 heavy (non-hydrogen) atoms. The van der Waals surface area contributed by atoms with Gasteiger partial charge in [-0.05, 0) is 24.1 Å². The van der Waals surface area contributed by atoms with Crippen molar-refractivity contribution < 1.29 is 9.90 Å². The number of carbonyl (C=O) groups excluding carboxylic acids is 1. The topological polar surface area (TPSA) is 75.1 Å². The number of carbonyl (C=O) groups is 1. The average Bonchev–Trinajstić information content (AvgIpc) is 2.42. The van der Waals surface area contributed by atoms with Crippen molar-refractivity contribution in [1.82, 2.24) is 15.3 Å². The van der Waals surface area contributed by atoms with Crippen LogP contribution in [0.25, 0.3) is 0 Å². The molecule has 0 bridgehead atoms. The van der Waals surface area contributed by atoms with Gasteiger partial charge in [0.25, 0.3) is 5.91 Å². The van der Waals surface area contributed by atoms with Gasteiger partial charge in [0, 0.05) is 18.9 Å². The smallest absolute Gasteiger partial charge is 0.271 e. The first-order chi connectivity index (χ1) is 8.75. The quantitative estimate of drug-likeness (QED) is 0.844. The minimum atomic E-state index is -0.234. The van der Waals surface area contributed by atoms with E-state index in [9.17, 15) is 4.79 Å². The summed E-state index contributed by atoms with van der Waals surface area (Å²) in [4.78, 5) is 19.4. The number of hydrogen-bond acceptors (Lipinski definition) is 4. The number of rotatable bonds is 4. The molecule has 0 spiro atoms. The monoisotopic (exact) mass is 243 g/mol.